The summed E-state index contributed by atoms with van der Waals surface area (Å²) in [5.41, 5.74) is 1.32. The normalized spacial score (nSPS) is 14.7. The van der Waals surface area contributed by atoms with Crippen LogP contribution in [0.1, 0.15) is 37.7 Å². The number of methoxy groups -OCH3 is 1. The van der Waals surface area contributed by atoms with E-state index in [1.165, 1.54) is 12.7 Å². The largest absolute Gasteiger partial charge is 0.495 e. The molecule has 1 fully saturated rings. The highest BCUT2D eigenvalue weighted by Gasteiger charge is 2.28. The fourth-order valence-corrected chi connectivity index (χ4v) is 3.09. The quantitative estimate of drug-likeness (QED) is 0.611. The molecule has 0 saturated heterocycles. The van der Waals surface area contributed by atoms with Gasteiger partial charge in [-0.15, -0.1) is 0 Å². The van der Waals surface area contributed by atoms with Crippen molar-refractivity contribution < 1.29 is 14.4 Å². The van der Waals surface area contributed by atoms with Crippen molar-refractivity contribution in [3.05, 3.63) is 40.2 Å². The summed E-state index contributed by atoms with van der Waals surface area (Å²) in [5.74, 6) is 0.656. The molecule has 0 aliphatic heterocycles. The first-order chi connectivity index (χ1) is 12.6. The average molecular weight is 358 g/mol. The van der Waals surface area contributed by atoms with E-state index >= 15 is 0 Å². The molecule has 1 aliphatic rings. The zero-order valence-electron chi connectivity index (χ0n) is 14.9. The van der Waals surface area contributed by atoms with Crippen LogP contribution in [-0.2, 0) is 0 Å². The number of aromatic nitrogens is 2. The Morgan fingerprint density at radius 1 is 1.23 bits per heavy atom. The maximum Gasteiger partial charge on any atom is 0.373 e. The number of nitrogens with zero attached hydrogens (tertiary/aromatic N) is 3. The third kappa shape index (κ3) is 4.01. The van der Waals surface area contributed by atoms with Crippen molar-refractivity contribution in [2.75, 3.05) is 12.4 Å². The number of nitro groups is 1. The van der Waals surface area contributed by atoms with Gasteiger partial charge < -0.3 is 14.8 Å². The number of ether oxygens (including phenoxy) is 2. The Labute approximate surface area is 151 Å². The molecule has 0 spiro atoms. The SMILES string of the molecule is COc1ccc(C)cc1Nc1ncnc(OC2CCCCC2)c1[N+](=O)[O-]. The van der Waals surface area contributed by atoms with Gasteiger partial charge in [0.25, 0.3) is 5.88 Å². The van der Waals surface area contributed by atoms with E-state index in [9.17, 15) is 10.1 Å². The fourth-order valence-electron chi connectivity index (χ4n) is 3.09. The predicted octanol–water partition coefficient (Wildman–Crippen LogP) is 4.16. The number of aryl methyl sites for hydroxylation is 1. The lowest BCUT2D eigenvalue weighted by Gasteiger charge is -2.22. The van der Waals surface area contributed by atoms with Crippen LogP contribution in [0.3, 0.4) is 0 Å². The second-order valence-electron chi connectivity index (χ2n) is 6.34. The van der Waals surface area contributed by atoms with Gasteiger partial charge in [-0.25, -0.2) is 4.98 Å². The van der Waals surface area contributed by atoms with E-state index in [1.54, 1.807) is 13.2 Å². The van der Waals surface area contributed by atoms with E-state index in [1.807, 2.05) is 19.1 Å². The van der Waals surface area contributed by atoms with Crippen molar-refractivity contribution in [1.82, 2.24) is 9.97 Å². The van der Waals surface area contributed by atoms with Crippen LogP contribution in [0.15, 0.2) is 24.5 Å². The van der Waals surface area contributed by atoms with Crippen LogP contribution in [0.4, 0.5) is 17.2 Å². The van der Waals surface area contributed by atoms with Crippen molar-refractivity contribution in [2.24, 2.45) is 0 Å². The van der Waals surface area contributed by atoms with Crippen molar-refractivity contribution in [2.45, 2.75) is 45.1 Å². The molecule has 8 heteroatoms. The molecule has 0 radical (unpaired) electrons. The molecule has 0 amide bonds. The fraction of sp³-hybridized carbons (Fsp3) is 0.444. The second-order valence-corrected chi connectivity index (χ2v) is 6.34. The van der Waals surface area contributed by atoms with Gasteiger partial charge >= 0.3 is 5.69 Å². The maximum absolute atomic E-state index is 11.7. The number of benzene rings is 1. The summed E-state index contributed by atoms with van der Waals surface area (Å²) in [5, 5.41) is 14.7. The van der Waals surface area contributed by atoms with Gasteiger partial charge in [0.15, 0.2) is 0 Å². The Morgan fingerprint density at radius 2 is 2.00 bits per heavy atom. The summed E-state index contributed by atoms with van der Waals surface area (Å²) in [6, 6.07) is 5.53. The summed E-state index contributed by atoms with van der Waals surface area (Å²) >= 11 is 0. The van der Waals surface area contributed by atoms with Gasteiger partial charge in [0.05, 0.1) is 17.7 Å². The third-order valence-electron chi connectivity index (χ3n) is 4.41. The van der Waals surface area contributed by atoms with E-state index < -0.39 is 4.92 Å². The van der Waals surface area contributed by atoms with Crippen LogP contribution in [0.2, 0.25) is 0 Å². The minimum absolute atomic E-state index is 0.00557. The molecule has 1 aliphatic carbocycles. The lowest BCUT2D eigenvalue weighted by molar-refractivity contribution is -0.385. The molecular formula is C18H22N4O4. The molecule has 1 aromatic carbocycles. The summed E-state index contributed by atoms with van der Waals surface area (Å²) in [7, 11) is 1.54. The van der Waals surface area contributed by atoms with Crippen LogP contribution in [-0.4, -0.2) is 28.1 Å². The Bertz CT molecular complexity index is 791. The molecule has 3 rings (SSSR count). The third-order valence-corrected chi connectivity index (χ3v) is 4.41. The highest BCUT2D eigenvalue weighted by molar-refractivity contribution is 5.72. The molecular weight excluding hydrogens is 336 g/mol. The smallest absolute Gasteiger partial charge is 0.373 e. The van der Waals surface area contributed by atoms with Crippen molar-refractivity contribution >= 4 is 17.2 Å². The average Bonchev–Trinajstić information content (AvgIpc) is 2.63. The zero-order valence-corrected chi connectivity index (χ0v) is 14.9. The molecule has 1 saturated carbocycles. The van der Waals surface area contributed by atoms with Crippen LogP contribution in [0.5, 0.6) is 11.6 Å². The summed E-state index contributed by atoms with van der Waals surface area (Å²) in [4.78, 5) is 19.2. The molecule has 1 heterocycles. The maximum atomic E-state index is 11.7. The van der Waals surface area contributed by atoms with Gasteiger partial charge in [-0.2, -0.15) is 4.98 Å². The minimum atomic E-state index is -0.511. The van der Waals surface area contributed by atoms with Crippen molar-refractivity contribution in [3.63, 3.8) is 0 Å². The Balaban J connectivity index is 1.93. The monoisotopic (exact) mass is 358 g/mol. The number of hydrogen-bond donors (Lipinski definition) is 1. The Kier molecular flexibility index (Phi) is 5.50. The van der Waals surface area contributed by atoms with Gasteiger partial charge in [0.1, 0.15) is 18.2 Å². The molecule has 0 atom stereocenters. The lowest BCUT2D eigenvalue weighted by Crippen LogP contribution is -2.21. The first kappa shape index (κ1) is 17.9. The van der Waals surface area contributed by atoms with E-state index in [0.717, 1.165) is 31.2 Å². The lowest BCUT2D eigenvalue weighted by atomic mass is 9.98. The molecule has 26 heavy (non-hydrogen) atoms. The van der Waals surface area contributed by atoms with E-state index in [0.29, 0.717) is 11.4 Å². The van der Waals surface area contributed by atoms with Crippen molar-refractivity contribution in [3.8, 4) is 11.6 Å². The molecule has 138 valence electrons. The molecule has 0 bridgehead atoms. The summed E-state index contributed by atoms with van der Waals surface area (Å²) < 4.78 is 11.2. The summed E-state index contributed by atoms with van der Waals surface area (Å²) in [6.45, 7) is 1.93. The highest BCUT2D eigenvalue weighted by Crippen LogP contribution is 2.37. The van der Waals surface area contributed by atoms with E-state index in [-0.39, 0.29) is 23.5 Å². The molecule has 8 nitrogen and oxygen atoms in total. The van der Waals surface area contributed by atoms with Crippen LogP contribution >= 0.6 is 0 Å². The van der Waals surface area contributed by atoms with E-state index in [4.69, 9.17) is 9.47 Å². The highest BCUT2D eigenvalue weighted by atomic mass is 16.6. The minimum Gasteiger partial charge on any atom is -0.495 e. The Morgan fingerprint density at radius 3 is 2.69 bits per heavy atom. The van der Waals surface area contributed by atoms with Gasteiger partial charge in [0, 0.05) is 0 Å². The number of hydrogen-bond acceptors (Lipinski definition) is 7. The molecule has 0 unspecified atom stereocenters. The number of nitrogens with one attached hydrogen (secondary N) is 1. The van der Waals surface area contributed by atoms with Crippen LogP contribution in [0, 0.1) is 17.0 Å². The Hall–Kier alpha value is -2.90. The number of anilines is 2. The molecule has 2 aromatic rings. The molecule has 1 N–H and O–H groups in total. The standard InChI is InChI=1S/C18H22N4O4/c1-12-8-9-15(25-2)14(10-12)21-17-16(22(23)24)18(20-11-19-17)26-13-6-4-3-5-7-13/h8-11,13H,3-7H2,1-2H3,(H,19,20,21). The molecule has 1 aromatic heterocycles. The van der Waals surface area contributed by atoms with Crippen molar-refractivity contribution in [1.29, 1.82) is 0 Å². The first-order valence-electron chi connectivity index (χ1n) is 8.66. The predicted molar refractivity (Wildman–Crippen MR) is 97.2 cm³/mol. The number of rotatable bonds is 6. The van der Waals surface area contributed by atoms with Gasteiger partial charge in [-0.05, 0) is 50.3 Å². The zero-order chi connectivity index (χ0) is 18.5. The van der Waals surface area contributed by atoms with Gasteiger partial charge in [-0.1, -0.05) is 12.5 Å². The second kappa shape index (κ2) is 7.99. The summed E-state index contributed by atoms with van der Waals surface area (Å²) in [6.07, 6.45) is 6.30. The van der Waals surface area contributed by atoms with Gasteiger partial charge in [0.2, 0.25) is 5.82 Å². The first-order valence-corrected chi connectivity index (χ1v) is 8.66. The van der Waals surface area contributed by atoms with E-state index in [2.05, 4.69) is 15.3 Å². The topological polar surface area (TPSA) is 99.4 Å². The van der Waals surface area contributed by atoms with Crippen LogP contribution in [0.25, 0.3) is 0 Å². The van der Waals surface area contributed by atoms with Gasteiger partial charge in [-0.3, -0.25) is 10.1 Å². The van der Waals surface area contributed by atoms with Crippen LogP contribution < -0.4 is 14.8 Å².